The normalized spacial score (nSPS) is 32.0. The highest BCUT2D eigenvalue weighted by atomic mass is 16.7. The van der Waals surface area contributed by atoms with Gasteiger partial charge in [0.25, 0.3) is 0 Å². The molecule has 1 rings (SSSR count). The zero-order chi connectivity index (χ0) is 17.6. The fourth-order valence-electron chi connectivity index (χ4n) is 2.26. The van der Waals surface area contributed by atoms with Gasteiger partial charge in [-0.2, -0.15) is 0 Å². The molecule has 0 aromatic rings. The SMILES string of the molecule is C[N+](C)(C)CCCOC1C(O)OC(COCC(=O)O)C(O)C1O. The van der Waals surface area contributed by atoms with E-state index in [0.717, 1.165) is 17.4 Å². The molecule has 136 valence electrons. The Bertz CT molecular complexity index is 372. The first kappa shape index (κ1) is 20.2. The number of carboxylic acid groups (broad SMARTS) is 1. The van der Waals surface area contributed by atoms with Crippen LogP contribution in [0.1, 0.15) is 6.42 Å². The van der Waals surface area contributed by atoms with Crippen LogP contribution in [-0.4, -0.2) is 109 Å². The Balaban J connectivity index is 2.42. The number of rotatable bonds is 9. The molecule has 9 heteroatoms. The van der Waals surface area contributed by atoms with Crippen LogP contribution in [0.2, 0.25) is 0 Å². The number of aliphatic carboxylic acids is 1. The van der Waals surface area contributed by atoms with E-state index in [1.165, 1.54) is 0 Å². The number of aliphatic hydroxyl groups excluding tert-OH is 3. The molecule has 0 radical (unpaired) electrons. The number of carboxylic acids is 1. The summed E-state index contributed by atoms with van der Waals surface area (Å²) in [6.45, 7) is 0.359. The predicted octanol–water partition coefficient (Wildman–Crippen LogP) is -1.99. The van der Waals surface area contributed by atoms with E-state index in [2.05, 4.69) is 0 Å². The third-order valence-electron chi connectivity index (χ3n) is 3.45. The summed E-state index contributed by atoms with van der Waals surface area (Å²) >= 11 is 0. The van der Waals surface area contributed by atoms with Crippen molar-refractivity contribution < 1.29 is 43.9 Å². The van der Waals surface area contributed by atoms with Crippen LogP contribution in [-0.2, 0) is 19.0 Å². The minimum Gasteiger partial charge on any atom is -0.480 e. The van der Waals surface area contributed by atoms with Crippen molar-refractivity contribution in [1.82, 2.24) is 0 Å². The summed E-state index contributed by atoms with van der Waals surface area (Å²) < 4.78 is 16.2. The topological polar surface area (TPSA) is 126 Å². The molecule has 23 heavy (non-hydrogen) atoms. The van der Waals surface area contributed by atoms with Crippen LogP contribution in [0.5, 0.6) is 0 Å². The summed E-state index contributed by atoms with van der Waals surface area (Å²) in [6, 6.07) is 0. The van der Waals surface area contributed by atoms with Crippen LogP contribution in [0.3, 0.4) is 0 Å². The molecule has 9 nitrogen and oxygen atoms in total. The standard InChI is InChI=1S/C14H27NO8/c1-15(2,3)5-4-6-22-13-12(19)11(18)9(23-14(13)20)7-21-8-10(16)17/h9,11-14,18-20H,4-8H2,1-3H3/p+1. The van der Waals surface area contributed by atoms with Gasteiger partial charge in [-0.25, -0.2) is 4.79 Å². The second-order valence-corrected chi connectivity index (χ2v) is 6.66. The van der Waals surface area contributed by atoms with Gasteiger partial charge in [-0.3, -0.25) is 0 Å². The Morgan fingerprint density at radius 3 is 2.39 bits per heavy atom. The van der Waals surface area contributed by atoms with Crippen LogP contribution in [0, 0.1) is 0 Å². The van der Waals surface area contributed by atoms with Gasteiger partial charge < -0.3 is 39.1 Å². The van der Waals surface area contributed by atoms with Gasteiger partial charge in [-0.15, -0.1) is 0 Å². The molecule has 1 fully saturated rings. The molecule has 0 aromatic heterocycles. The van der Waals surface area contributed by atoms with Crippen molar-refractivity contribution in [2.45, 2.75) is 37.1 Å². The molecule has 0 saturated carbocycles. The summed E-state index contributed by atoms with van der Waals surface area (Å²) in [4.78, 5) is 10.4. The molecule has 0 spiro atoms. The molecular formula is C14H28NO8+. The van der Waals surface area contributed by atoms with Crippen LogP contribution in [0.25, 0.3) is 0 Å². The van der Waals surface area contributed by atoms with Crippen LogP contribution in [0.4, 0.5) is 0 Å². The highest BCUT2D eigenvalue weighted by Crippen LogP contribution is 2.22. The van der Waals surface area contributed by atoms with Crippen molar-refractivity contribution in [2.75, 3.05) is 47.5 Å². The number of nitrogens with zero attached hydrogens (tertiary/aromatic N) is 1. The average molecular weight is 338 g/mol. The Labute approximate surface area is 135 Å². The van der Waals surface area contributed by atoms with Crippen molar-refractivity contribution in [3.05, 3.63) is 0 Å². The van der Waals surface area contributed by atoms with Gasteiger partial charge in [-0.1, -0.05) is 0 Å². The van der Waals surface area contributed by atoms with E-state index >= 15 is 0 Å². The molecule has 1 aliphatic heterocycles. The highest BCUT2D eigenvalue weighted by Gasteiger charge is 2.44. The Morgan fingerprint density at radius 2 is 1.83 bits per heavy atom. The quantitative estimate of drug-likeness (QED) is 0.281. The second kappa shape index (κ2) is 8.88. The summed E-state index contributed by atoms with van der Waals surface area (Å²) in [6.07, 6.45) is -5.47. The van der Waals surface area contributed by atoms with Gasteiger partial charge in [-0.05, 0) is 0 Å². The molecule has 0 aromatic carbocycles. The Kier molecular flexibility index (Phi) is 7.81. The van der Waals surface area contributed by atoms with E-state index in [4.69, 9.17) is 19.3 Å². The number of hydrogen-bond donors (Lipinski definition) is 4. The van der Waals surface area contributed by atoms with E-state index in [1.54, 1.807) is 0 Å². The lowest BCUT2D eigenvalue weighted by atomic mass is 9.99. The van der Waals surface area contributed by atoms with E-state index in [0.29, 0.717) is 6.61 Å². The predicted molar refractivity (Wildman–Crippen MR) is 78.6 cm³/mol. The summed E-state index contributed by atoms with van der Waals surface area (Å²) in [7, 11) is 6.12. The molecular weight excluding hydrogens is 310 g/mol. The van der Waals surface area contributed by atoms with Gasteiger partial charge >= 0.3 is 5.97 Å². The molecule has 0 amide bonds. The van der Waals surface area contributed by atoms with Gasteiger partial charge in [0.1, 0.15) is 31.0 Å². The minimum absolute atomic E-state index is 0.254. The first-order valence-electron chi connectivity index (χ1n) is 7.53. The third-order valence-corrected chi connectivity index (χ3v) is 3.45. The lowest BCUT2D eigenvalue weighted by Gasteiger charge is -2.40. The van der Waals surface area contributed by atoms with Crippen molar-refractivity contribution in [1.29, 1.82) is 0 Å². The number of hydrogen-bond acceptors (Lipinski definition) is 7. The average Bonchev–Trinajstić information content (AvgIpc) is 2.41. The summed E-state index contributed by atoms with van der Waals surface area (Å²) in [5.41, 5.74) is 0. The van der Waals surface area contributed by atoms with Crippen LogP contribution < -0.4 is 0 Å². The van der Waals surface area contributed by atoms with Gasteiger partial charge in [0.15, 0.2) is 6.29 Å². The largest absolute Gasteiger partial charge is 0.480 e. The van der Waals surface area contributed by atoms with E-state index in [1.807, 2.05) is 21.1 Å². The Morgan fingerprint density at radius 1 is 1.17 bits per heavy atom. The second-order valence-electron chi connectivity index (χ2n) is 6.66. The molecule has 1 saturated heterocycles. The van der Waals surface area contributed by atoms with Crippen molar-refractivity contribution in [2.24, 2.45) is 0 Å². The van der Waals surface area contributed by atoms with Crippen molar-refractivity contribution >= 4 is 5.97 Å². The van der Waals surface area contributed by atoms with E-state index in [-0.39, 0.29) is 6.61 Å². The molecule has 0 bridgehead atoms. The zero-order valence-corrected chi connectivity index (χ0v) is 13.8. The maximum absolute atomic E-state index is 10.4. The smallest absolute Gasteiger partial charge is 0.329 e. The molecule has 1 heterocycles. The zero-order valence-electron chi connectivity index (χ0n) is 13.8. The number of ether oxygens (including phenoxy) is 3. The number of aliphatic hydroxyl groups is 3. The molecule has 1 aliphatic rings. The molecule has 4 N–H and O–H groups in total. The molecule has 5 atom stereocenters. The van der Waals surface area contributed by atoms with Gasteiger partial charge in [0.05, 0.1) is 40.9 Å². The Hall–Kier alpha value is -0.810. The first-order chi connectivity index (χ1) is 10.6. The maximum Gasteiger partial charge on any atom is 0.329 e. The molecule has 0 aliphatic carbocycles. The van der Waals surface area contributed by atoms with E-state index < -0.39 is 43.3 Å². The fourth-order valence-corrected chi connectivity index (χ4v) is 2.26. The minimum atomic E-state index is -1.42. The van der Waals surface area contributed by atoms with Gasteiger partial charge in [0.2, 0.25) is 0 Å². The van der Waals surface area contributed by atoms with Crippen LogP contribution in [0.15, 0.2) is 0 Å². The monoisotopic (exact) mass is 338 g/mol. The summed E-state index contributed by atoms with van der Waals surface area (Å²) in [5, 5.41) is 38.4. The highest BCUT2D eigenvalue weighted by molar-refractivity contribution is 5.67. The summed E-state index contributed by atoms with van der Waals surface area (Å²) in [5.74, 6) is -1.16. The first-order valence-corrected chi connectivity index (χ1v) is 7.53. The third kappa shape index (κ3) is 7.08. The molecule has 5 unspecified atom stereocenters. The van der Waals surface area contributed by atoms with Crippen molar-refractivity contribution in [3.63, 3.8) is 0 Å². The lowest BCUT2D eigenvalue weighted by Crippen LogP contribution is -2.59. The lowest BCUT2D eigenvalue weighted by molar-refractivity contribution is -0.870. The van der Waals surface area contributed by atoms with Crippen LogP contribution >= 0.6 is 0 Å². The number of carbonyl (C=O) groups is 1. The van der Waals surface area contributed by atoms with Gasteiger partial charge in [0, 0.05) is 6.42 Å². The number of quaternary nitrogens is 1. The van der Waals surface area contributed by atoms with Crippen molar-refractivity contribution in [3.8, 4) is 0 Å². The maximum atomic E-state index is 10.4. The fraction of sp³-hybridized carbons (Fsp3) is 0.929. The van der Waals surface area contributed by atoms with E-state index in [9.17, 15) is 20.1 Å².